The zero-order valence-corrected chi connectivity index (χ0v) is 13.9. The van der Waals surface area contributed by atoms with Gasteiger partial charge in [0, 0.05) is 11.5 Å². The number of aromatic carboxylic acids is 1. The summed E-state index contributed by atoms with van der Waals surface area (Å²) in [4.78, 5) is 25.6. The Hall–Kier alpha value is -2.08. The minimum atomic E-state index is -1.44. The largest absolute Gasteiger partial charge is 1.00 e. The van der Waals surface area contributed by atoms with Gasteiger partial charge in [-0.15, -0.1) is 0 Å². The van der Waals surface area contributed by atoms with Crippen molar-refractivity contribution in [3.05, 3.63) is 64.4 Å². The molecule has 3 aromatic rings. The number of benzene rings is 2. The molecule has 0 saturated heterocycles. The zero-order valence-electron chi connectivity index (χ0n) is 11.9. The number of hydrogen-bond donors (Lipinski definition) is 2. The Morgan fingerprint density at radius 2 is 1.73 bits per heavy atom. The number of carboxylic acids is 1. The minimum absolute atomic E-state index is 0. The molecule has 2 aromatic carbocycles. The first-order valence-corrected chi connectivity index (χ1v) is 6.29. The second-order valence-electron chi connectivity index (χ2n) is 4.69. The Kier molecular flexibility index (Phi) is 4.71. The fourth-order valence-electron chi connectivity index (χ4n) is 2.29. The third-order valence-electron chi connectivity index (χ3n) is 3.30. The van der Waals surface area contributed by atoms with Crippen molar-refractivity contribution < 1.29 is 39.5 Å². The molecule has 1 heterocycles. The normalized spacial score (nSPS) is 10.2. The van der Waals surface area contributed by atoms with E-state index in [-0.39, 0.29) is 35.3 Å². The monoisotopic (exact) mass is 302 g/mol. The van der Waals surface area contributed by atoms with Crippen molar-refractivity contribution in [2.75, 3.05) is 5.73 Å². The van der Waals surface area contributed by atoms with E-state index in [1.807, 2.05) is 30.3 Å². The standard InChI is InChI=1S/C16H12N2O3.Na/c17-12-7-10(9-4-2-1-3-5-9)6-11-14(19)8-13(16(20)21)18-15(11)12;/h1-8H,17H2,(H,18,19)(H,20,21);/q;+1/p-1. The molecule has 6 heteroatoms. The smallest absolute Gasteiger partial charge is 0.543 e. The number of carboxylic acid groups (broad SMARTS) is 1. The van der Waals surface area contributed by atoms with Crippen LogP contribution in [0.2, 0.25) is 0 Å². The average molecular weight is 302 g/mol. The molecule has 0 unspecified atom stereocenters. The number of carbonyl (C=O) groups is 1. The van der Waals surface area contributed by atoms with Gasteiger partial charge in [-0.1, -0.05) is 30.3 Å². The number of pyridine rings is 1. The fourth-order valence-corrected chi connectivity index (χ4v) is 2.29. The second kappa shape index (κ2) is 6.36. The third kappa shape index (κ3) is 2.92. The van der Waals surface area contributed by atoms with Gasteiger partial charge in [-0.25, -0.2) is 0 Å². The number of aromatic amines is 1. The molecule has 104 valence electrons. The van der Waals surface area contributed by atoms with E-state index < -0.39 is 11.4 Å². The Labute approximate surface area is 148 Å². The molecule has 0 atom stereocenters. The summed E-state index contributed by atoms with van der Waals surface area (Å²) >= 11 is 0. The van der Waals surface area contributed by atoms with Crippen LogP contribution in [0.3, 0.4) is 0 Å². The van der Waals surface area contributed by atoms with E-state index in [4.69, 9.17) is 5.73 Å². The number of hydrogen-bond acceptors (Lipinski definition) is 4. The molecule has 22 heavy (non-hydrogen) atoms. The number of fused-ring (bicyclic) bond motifs is 1. The number of anilines is 1. The Morgan fingerprint density at radius 3 is 2.36 bits per heavy atom. The van der Waals surface area contributed by atoms with Crippen LogP contribution in [0.4, 0.5) is 5.69 Å². The van der Waals surface area contributed by atoms with Crippen LogP contribution in [0.5, 0.6) is 0 Å². The fraction of sp³-hybridized carbons (Fsp3) is 0. The minimum Gasteiger partial charge on any atom is -0.543 e. The summed E-state index contributed by atoms with van der Waals surface area (Å²) in [6, 6.07) is 13.9. The number of nitrogen functional groups attached to an aromatic ring is 1. The van der Waals surface area contributed by atoms with E-state index in [0.717, 1.165) is 17.2 Å². The van der Waals surface area contributed by atoms with Crippen molar-refractivity contribution in [1.82, 2.24) is 4.98 Å². The van der Waals surface area contributed by atoms with Crippen LogP contribution >= 0.6 is 0 Å². The molecule has 0 spiro atoms. The Bertz CT molecular complexity index is 904. The van der Waals surface area contributed by atoms with Crippen LogP contribution in [0.25, 0.3) is 22.0 Å². The van der Waals surface area contributed by atoms with E-state index in [0.29, 0.717) is 16.6 Å². The van der Waals surface area contributed by atoms with E-state index >= 15 is 0 Å². The van der Waals surface area contributed by atoms with Crippen LogP contribution in [0.15, 0.2) is 53.3 Å². The van der Waals surface area contributed by atoms with Crippen LogP contribution < -0.4 is 45.8 Å². The van der Waals surface area contributed by atoms with Gasteiger partial charge in [0.1, 0.15) is 0 Å². The van der Waals surface area contributed by atoms with Gasteiger partial charge in [0.2, 0.25) is 0 Å². The van der Waals surface area contributed by atoms with Crippen molar-refractivity contribution in [3.63, 3.8) is 0 Å². The molecule has 0 radical (unpaired) electrons. The molecular weight excluding hydrogens is 291 g/mol. The van der Waals surface area contributed by atoms with Crippen LogP contribution in [-0.4, -0.2) is 11.0 Å². The number of nitrogens with one attached hydrogen (secondary N) is 1. The van der Waals surface area contributed by atoms with Gasteiger partial charge in [0.25, 0.3) is 0 Å². The molecule has 0 bridgehead atoms. The van der Waals surface area contributed by atoms with E-state index in [1.165, 1.54) is 0 Å². The maximum atomic E-state index is 12.1. The van der Waals surface area contributed by atoms with Crippen molar-refractivity contribution in [2.24, 2.45) is 0 Å². The molecule has 0 aliphatic carbocycles. The van der Waals surface area contributed by atoms with Crippen molar-refractivity contribution in [2.45, 2.75) is 0 Å². The summed E-state index contributed by atoms with van der Waals surface area (Å²) in [6.07, 6.45) is 0. The van der Waals surface area contributed by atoms with Crippen LogP contribution in [0, 0.1) is 0 Å². The number of rotatable bonds is 2. The first kappa shape index (κ1) is 16.3. The molecule has 3 N–H and O–H groups in total. The van der Waals surface area contributed by atoms with Crippen molar-refractivity contribution in [1.29, 1.82) is 0 Å². The SMILES string of the molecule is Nc1cc(-c2ccccc2)cc2c(=O)cc(C(=O)[O-])[nH]c12.[Na+]. The molecule has 1 aromatic heterocycles. The summed E-state index contributed by atoms with van der Waals surface area (Å²) in [5.74, 6) is -1.44. The second-order valence-corrected chi connectivity index (χ2v) is 4.69. The average Bonchev–Trinajstić information content (AvgIpc) is 2.48. The van der Waals surface area contributed by atoms with Gasteiger partial charge >= 0.3 is 29.6 Å². The summed E-state index contributed by atoms with van der Waals surface area (Å²) in [7, 11) is 0. The number of aromatic nitrogens is 1. The molecule has 0 aliphatic rings. The van der Waals surface area contributed by atoms with Gasteiger partial charge in [0.05, 0.1) is 22.9 Å². The van der Waals surface area contributed by atoms with Gasteiger partial charge in [0.15, 0.2) is 5.43 Å². The van der Waals surface area contributed by atoms with Gasteiger partial charge in [-0.2, -0.15) is 0 Å². The number of carbonyl (C=O) groups excluding carboxylic acids is 1. The Morgan fingerprint density at radius 1 is 1.05 bits per heavy atom. The topological polar surface area (TPSA) is 99.0 Å². The first-order chi connectivity index (χ1) is 10.1. The van der Waals surface area contributed by atoms with Crippen LogP contribution in [0.1, 0.15) is 10.5 Å². The molecule has 5 nitrogen and oxygen atoms in total. The zero-order chi connectivity index (χ0) is 15.0. The van der Waals surface area contributed by atoms with Crippen molar-refractivity contribution >= 4 is 22.6 Å². The summed E-state index contributed by atoms with van der Waals surface area (Å²) in [6.45, 7) is 0. The molecule has 3 rings (SSSR count). The van der Waals surface area contributed by atoms with E-state index in [2.05, 4.69) is 4.98 Å². The van der Waals surface area contributed by atoms with Gasteiger partial charge in [-0.05, 0) is 23.3 Å². The predicted octanol–water partition coefficient (Wildman–Crippen LogP) is -1.86. The number of H-pyrrole nitrogens is 1. The first-order valence-electron chi connectivity index (χ1n) is 6.29. The van der Waals surface area contributed by atoms with E-state index in [9.17, 15) is 14.7 Å². The summed E-state index contributed by atoms with van der Waals surface area (Å²) < 4.78 is 0. The maximum Gasteiger partial charge on any atom is 1.00 e. The molecule has 0 fully saturated rings. The van der Waals surface area contributed by atoms with Crippen molar-refractivity contribution in [3.8, 4) is 11.1 Å². The summed E-state index contributed by atoms with van der Waals surface area (Å²) in [5.41, 5.74) is 7.60. The van der Waals surface area contributed by atoms with E-state index in [1.54, 1.807) is 12.1 Å². The molecular formula is C16H11N2NaO3. The molecule has 0 amide bonds. The molecule has 0 saturated carbocycles. The Balaban J connectivity index is 0.00000176. The predicted molar refractivity (Wildman–Crippen MR) is 78.7 cm³/mol. The maximum absolute atomic E-state index is 12.1. The third-order valence-corrected chi connectivity index (χ3v) is 3.30. The van der Waals surface area contributed by atoms with Crippen LogP contribution in [-0.2, 0) is 0 Å². The quantitative estimate of drug-likeness (QED) is 0.428. The van der Waals surface area contributed by atoms with Gasteiger partial charge < -0.3 is 20.6 Å². The summed E-state index contributed by atoms with van der Waals surface area (Å²) in [5, 5.41) is 11.2. The number of nitrogens with two attached hydrogens (primary N) is 1. The van der Waals surface area contributed by atoms with Gasteiger partial charge in [-0.3, -0.25) is 4.79 Å². The molecule has 0 aliphatic heterocycles.